The van der Waals surface area contributed by atoms with Crippen LogP contribution in [0.5, 0.6) is 0 Å². The van der Waals surface area contributed by atoms with Crippen molar-refractivity contribution in [3.63, 3.8) is 0 Å². The lowest BCUT2D eigenvalue weighted by Gasteiger charge is -2.00. The quantitative estimate of drug-likeness (QED) is 0.647. The maximum Gasteiger partial charge on any atom is 0.178 e. The smallest absolute Gasteiger partial charge is 0.178 e. The number of hydrogen-bond donors (Lipinski definition) is 2. The van der Waals surface area contributed by atoms with E-state index in [9.17, 15) is 0 Å². The zero-order chi connectivity index (χ0) is 11.8. The van der Waals surface area contributed by atoms with Crippen molar-refractivity contribution in [3.8, 4) is 11.4 Å². The monoisotopic (exact) mass is 244 g/mol. The molecule has 0 atom stereocenters. The predicted octanol–water partition coefficient (Wildman–Crippen LogP) is 2.86. The molecule has 3 rings (SSSR count). The molecule has 17 heavy (non-hydrogen) atoms. The van der Waals surface area contributed by atoms with Crippen LogP contribution in [-0.4, -0.2) is 15.0 Å². The molecule has 0 unspecified atom stereocenters. The van der Waals surface area contributed by atoms with Crippen molar-refractivity contribution in [2.45, 2.75) is 0 Å². The third-order valence-electron chi connectivity index (χ3n) is 2.53. The van der Waals surface area contributed by atoms with E-state index in [0.29, 0.717) is 16.4 Å². The number of halogens is 1. The fraction of sp³-hybridized carbons (Fsp3) is 0. The number of anilines is 1. The summed E-state index contributed by atoms with van der Waals surface area (Å²) < 4.78 is 0. The van der Waals surface area contributed by atoms with Gasteiger partial charge in [-0.3, -0.25) is 0 Å². The number of nitrogens with two attached hydrogens (primary N) is 1. The molecule has 2 aromatic heterocycles. The molecule has 0 fully saturated rings. The summed E-state index contributed by atoms with van der Waals surface area (Å²) in [6, 6.07) is 9.21. The maximum absolute atomic E-state index is 5.98. The predicted molar refractivity (Wildman–Crippen MR) is 68.7 cm³/mol. The Labute approximate surface area is 102 Å². The summed E-state index contributed by atoms with van der Waals surface area (Å²) in [5.74, 6) is 0.737. The molecule has 0 aliphatic heterocycles. The normalized spacial score (nSPS) is 10.9. The Morgan fingerprint density at radius 1 is 1.24 bits per heavy atom. The van der Waals surface area contributed by atoms with Crippen LogP contribution in [0.3, 0.4) is 0 Å². The zero-order valence-corrected chi connectivity index (χ0v) is 9.57. The summed E-state index contributed by atoms with van der Waals surface area (Å²) in [7, 11) is 0. The van der Waals surface area contributed by atoms with Crippen LogP contribution in [0.4, 0.5) is 5.69 Å². The molecular weight excluding hydrogens is 236 g/mol. The molecule has 4 nitrogen and oxygen atoms in total. The van der Waals surface area contributed by atoms with Crippen LogP contribution in [0, 0.1) is 0 Å². The van der Waals surface area contributed by atoms with Crippen molar-refractivity contribution in [3.05, 3.63) is 41.6 Å². The zero-order valence-electron chi connectivity index (χ0n) is 8.81. The molecule has 0 aliphatic carbocycles. The molecule has 0 aliphatic rings. The number of nitrogens with zero attached hydrogens (tertiary/aromatic N) is 2. The molecule has 5 heteroatoms. The van der Waals surface area contributed by atoms with Gasteiger partial charge in [0.15, 0.2) is 5.65 Å². The van der Waals surface area contributed by atoms with Crippen molar-refractivity contribution in [2.24, 2.45) is 0 Å². The summed E-state index contributed by atoms with van der Waals surface area (Å²) >= 11 is 5.98. The van der Waals surface area contributed by atoms with E-state index in [1.54, 1.807) is 18.3 Å². The van der Waals surface area contributed by atoms with Crippen LogP contribution in [0.1, 0.15) is 0 Å². The standard InChI is InChI=1S/C12H9ClN4/c13-8-6-7(3-4-9(8)14)11-16-10-2-1-5-15-12(10)17-11/h1-6H,14H2,(H,15,16,17). The first kappa shape index (κ1) is 10.1. The molecular formula is C12H9ClN4. The largest absolute Gasteiger partial charge is 0.398 e. The SMILES string of the molecule is Nc1ccc(-c2nc3ncccc3[nH]2)cc1Cl. The Bertz CT molecular complexity index is 657. The topological polar surface area (TPSA) is 67.6 Å². The van der Waals surface area contributed by atoms with Gasteiger partial charge in [-0.2, -0.15) is 0 Å². The van der Waals surface area contributed by atoms with E-state index in [1.165, 1.54) is 0 Å². The summed E-state index contributed by atoms with van der Waals surface area (Å²) in [6.45, 7) is 0. The van der Waals surface area contributed by atoms with Gasteiger partial charge in [0.25, 0.3) is 0 Å². The van der Waals surface area contributed by atoms with Crippen molar-refractivity contribution < 1.29 is 0 Å². The Kier molecular flexibility index (Phi) is 2.23. The highest BCUT2D eigenvalue weighted by atomic mass is 35.5. The maximum atomic E-state index is 5.98. The Hall–Kier alpha value is -2.07. The molecule has 1 aromatic carbocycles. The van der Waals surface area contributed by atoms with E-state index >= 15 is 0 Å². The first-order valence-electron chi connectivity index (χ1n) is 5.10. The third-order valence-corrected chi connectivity index (χ3v) is 2.86. The molecule has 0 bridgehead atoms. The van der Waals surface area contributed by atoms with Gasteiger partial charge in [0, 0.05) is 11.8 Å². The number of rotatable bonds is 1. The van der Waals surface area contributed by atoms with Gasteiger partial charge < -0.3 is 10.7 Å². The van der Waals surface area contributed by atoms with Gasteiger partial charge in [-0.1, -0.05) is 11.6 Å². The fourth-order valence-electron chi connectivity index (χ4n) is 1.66. The third kappa shape index (κ3) is 1.72. The summed E-state index contributed by atoms with van der Waals surface area (Å²) in [6.07, 6.45) is 1.71. The molecule has 84 valence electrons. The Balaban J connectivity index is 2.17. The summed E-state index contributed by atoms with van der Waals surface area (Å²) in [5.41, 5.74) is 8.71. The van der Waals surface area contributed by atoms with Crippen LogP contribution < -0.4 is 5.73 Å². The molecule has 0 radical (unpaired) electrons. The number of H-pyrrole nitrogens is 1. The molecule has 0 saturated carbocycles. The van der Waals surface area contributed by atoms with Crippen LogP contribution in [0.15, 0.2) is 36.5 Å². The Morgan fingerprint density at radius 2 is 2.12 bits per heavy atom. The molecule has 0 spiro atoms. The highest BCUT2D eigenvalue weighted by Gasteiger charge is 2.07. The molecule has 2 heterocycles. The number of nitrogens with one attached hydrogen (secondary N) is 1. The lowest BCUT2D eigenvalue weighted by molar-refractivity contribution is 1.30. The second-order valence-electron chi connectivity index (χ2n) is 3.70. The van der Waals surface area contributed by atoms with E-state index in [2.05, 4.69) is 15.0 Å². The average Bonchev–Trinajstić information content (AvgIpc) is 2.76. The van der Waals surface area contributed by atoms with E-state index in [1.807, 2.05) is 18.2 Å². The molecule has 0 saturated heterocycles. The Morgan fingerprint density at radius 3 is 2.88 bits per heavy atom. The highest BCUT2D eigenvalue weighted by Crippen LogP contribution is 2.26. The average molecular weight is 245 g/mol. The van der Waals surface area contributed by atoms with Gasteiger partial charge in [-0.15, -0.1) is 0 Å². The summed E-state index contributed by atoms with van der Waals surface area (Å²) in [4.78, 5) is 11.7. The van der Waals surface area contributed by atoms with Crippen molar-refractivity contribution >= 4 is 28.5 Å². The van der Waals surface area contributed by atoms with Crippen LogP contribution in [0.2, 0.25) is 5.02 Å². The molecule has 3 N–H and O–H groups in total. The van der Waals surface area contributed by atoms with Gasteiger partial charge in [-0.25, -0.2) is 9.97 Å². The van der Waals surface area contributed by atoms with Crippen LogP contribution >= 0.6 is 11.6 Å². The fourth-order valence-corrected chi connectivity index (χ4v) is 1.84. The number of benzene rings is 1. The second kappa shape index (κ2) is 3.75. The van der Waals surface area contributed by atoms with Gasteiger partial charge in [-0.05, 0) is 30.3 Å². The van der Waals surface area contributed by atoms with Crippen molar-refractivity contribution in [2.75, 3.05) is 5.73 Å². The van der Waals surface area contributed by atoms with E-state index in [-0.39, 0.29) is 0 Å². The van der Waals surface area contributed by atoms with E-state index < -0.39 is 0 Å². The van der Waals surface area contributed by atoms with Gasteiger partial charge in [0.05, 0.1) is 16.2 Å². The van der Waals surface area contributed by atoms with Crippen LogP contribution in [-0.2, 0) is 0 Å². The summed E-state index contributed by atoms with van der Waals surface area (Å²) in [5, 5.41) is 0.524. The minimum Gasteiger partial charge on any atom is -0.398 e. The van der Waals surface area contributed by atoms with E-state index in [0.717, 1.165) is 16.9 Å². The second-order valence-corrected chi connectivity index (χ2v) is 4.10. The number of imidazole rings is 1. The minimum atomic E-state index is 0.524. The van der Waals surface area contributed by atoms with Gasteiger partial charge in [0.1, 0.15) is 5.82 Å². The van der Waals surface area contributed by atoms with E-state index in [4.69, 9.17) is 17.3 Å². The van der Waals surface area contributed by atoms with Gasteiger partial charge in [0.2, 0.25) is 0 Å². The number of fused-ring (bicyclic) bond motifs is 1. The first-order chi connectivity index (χ1) is 8.24. The van der Waals surface area contributed by atoms with Gasteiger partial charge >= 0.3 is 0 Å². The van der Waals surface area contributed by atoms with Crippen molar-refractivity contribution in [1.82, 2.24) is 15.0 Å². The lowest BCUT2D eigenvalue weighted by Crippen LogP contribution is -1.87. The number of pyridine rings is 1. The number of aromatic amines is 1. The number of aromatic nitrogens is 3. The highest BCUT2D eigenvalue weighted by molar-refractivity contribution is 6.33. The van der Waals surface area contributed by atoms with Crippen molar-refractivity contribution in [1.29, 1.82) is 0 Å². The molecule has 0 amide bonds. The number of hydrogen-bond acceptors (Lipinski definition) is 3. The molecule has 3 aromatic rings. The lowest BCUT2D eigenvalue weighted by atomic mass is 10.2. The number of nitrogen functional groups attached to an aromatic ring is 1. The minimum absolute atomic E-state index is 0.524. The first-order valence-corrected chi connectivity index (χ1v) is 5.48. The van der Waals surface area contributed by atoms with Crippen LogP contribution in [0.25, 0.3) is 22.6 Å².